The van der Waals surface area contributed by atoms with E-state index in [9.17, 15) is 27.1 Å². The maximum atomic E-state index is 13.9. The van der Waals surface area contributed by atoms with Crippen LogP contribution in [0.5, 0.6) is 0 Å². The Balaban J connectivity index is 2.51. The molecule has 0 radical (unpaired) electrons. The van der Waals surface area contributed by atoms with Crippen LogP contribution in [0, 0.1) is 11.6 Å². The minimum atomic E-state index is -4.61. The predicted octanol–water partition coefficient (Wildman–Crippen LogP) is 4.83. The molecule has 0 aliphatic rings. The summed E-state index contributed by atoms with van der Waals surface area (Å²) in [6, 6.07) is 5.72. The second kappa shape index (κ2) is 5.73. The Labute approximate surface area is 125 Å². The summed E-state index contributed by atoms with van der Waals surface area (Å²) >= 11 is 2.83. The summed E-state index contributed by atoms with van der Waals surface area (Å²) in [6.45, 7) is 0. The standard InChI is InChI=1S/C14H8BrF5O/c15-9-4-5-10(16)11(12(9)17)13(21)7-2-1-3-8(6-7)14(18,19)20/h1-6,13,21H. The third kappa shape index (κ3) is 3.24. The fourth-order valence-corrected chi connectivity index (χ4v) is 2.19. The predicted molar refractivity (Wildman–Crippen MR) is 69.6 cm³/mol. The van der Waals surface area contributed by atoms with Crippen LogP contribution in [-0.4, -0.2) is 5.11 Å². The Morgan fingerprint density at radius 1 is 1.05 bits per heavy atom. The third-order valence-electron chi connectivity index (χ3n) is 2.88. The summed E-state index contributed by atoms with van der Waals surface area (Å²) in [5.74, 6) is -2.10. The van der Waals surface area contributed by atoms with Gasteiger partial charge < -0.3 is 5.11 Å². The molecule has 1 atom stereocenters. The topological polar surface area (TPSA) is 20.2 Å². The van der Waals surface area contributed by atoms with E-state index in [1.165, 1.54) is 6.07 Å². The minimum Gasteiger partial charge on any atom is -0.383 e. The maximum Gasteiger partial charge on any atom is 0.416 e. The van der Waals surface area contributed by atoms with Crippen molar-refractivity contribution < 1.29 is 27.1 Å². The molecule has 0 aliphatic heterocycles. The summed E-state index contributed by atoms with van der Waals surface area (Å²) in [4.78, 5) is 0. The van der Waals surface area contributed by atoms with Crippen LogP contribution in [0.3, 0.4) is 0 Å². The number of rotatable bonds is 2. The van der Waals surface area contributed by atoms with Crippen LogP contribution in [0.1, 0.15) is 22.8 Å². The number of halogens is 6. The highest BCUT2D eigenvalue weighted by atomic mass is 79.9. The van der Waals surface area contributed by atoms with Gasteiger partial charge in [-0.25, -0.2) is 8.78 Å². The van der Waals surface area contributed by atoms with Gasteiger partial charge in [0.1, 0.15) is 17.7 Å². The van der Waals surface area contributed by atoms with Crippen molar-refractivity contribution in [2.75, 3.05) is 0 Å². The van der Waals surface area contributed by atoms with Gasteiger partial charge >= 0.3 is 6.18 Å². The van der Waals surface area contributed by atoms with E-state index in [0.717, 1.165) is 24.3 Å². The Bertz CT molecular complexity index is 669. The van der Waals surface area contributed by atoms with Gasteiger partial charge in [0.05, 0.1) is 15.6 Å². The highest BCUT2D eigenvalue weighted by Gasteiger charge is 2.31. The number of alkyl halides is 3. The summed E-state index contributed by atoms with van der Waals surface area (Å²) in [6.07, 6.45) is -6.45. The van der Waals surface area contributed by atoms with E-state index in [0.29, 0.717) is 6.07 Å². The first-order valence-electron chi connectivity index (χ1n) is 5.70. The Morgan fingerprint density at radius 2 is 1.71 bits per heavy atom. The smallest absolute Gasteiger partial charge is 0.383 e. The van der Waals surface area contributed by atoms with E-state index < -0.39 is 35.0 Å². The lowest BCUT2D eigenvalue weighted by molar-refractivity contribution is -0.137. The SMILES string of the molecule is OC(c1cccc(C(F)(F)F)c1)c1c(F)ccc(Br)c1F. The number of aliphatic hydroxyl groups is 1. The van der Waals surface area contributed by atoms with Gasteiger partial charge in [0.2, 0.25) is 0 Å². The fourth-order valence-electron chi connectivity index (χ4n) is 1.85. The molecular formula is C14H8BrF5O. The molecule has 7 heteroatoms. The lowest BCUT2D eigenvalue weighted by Gasteiger charge is -2.16. The van der Waals surface area contributed by atoms with Crippen LogP contribution >= 0.6 is 15.9 Å². The number of hydrogen-bond donors (Lipinski definition) is 1. The molecule has 0 heterocycles. The normalized spacial score (nSPS) is 13.3. The molecule has 2 rings (SSSR count). The van der Waals surface area contributed by atoms with E-state index in [1.807, 2.05) is 0 Å². The zero-order valence-electron chi connectivity index (χ0n) is 10.3. The monoisotopic (exact) mass is 366 g/mol. The van der Waals surface area contributed by atoms with Gasteiger partial charge in [0.15, 0.2) is 0 Å². The molecule has 0 fully saturated rings. The quantitative estimate of drug-likeness (QED) is 0.596. The molecule has 2 aromatic rings. The first-order valence-corrected chi connectivity index (χ1v) is 6.49. The van der Waals surface area contributed by atoms with Gasteiger partial charge in [-0.3, -0.25) is 0 Å². The number of hydrogen-bond acceptors (Lipinski definition) is 1. The van der Waals surface area contributed by atoms with Crippen LogP contribution < -0.4 is 0 Å². The van der Waals surface area contributed by atoms with E-state index in [1.54, 1.807) is 0 Å². The van der Waals surface area contributed by atoms with Gasteiger partial charge in [-0.2, -0.15) is 13.2 Å². The van der Waals surface area contributed by atoms with Crippen LogP contribution in [-0.2, 0) is 6.18 Å². The third-order valence-corrected chi connectivity index (χ3v) is 3.50. The Kier molecular flexibility index (Phi) is 4.34. The highest BCUT2D eigenvalue weighted by molar-refractivity contribution is 9.10. The Morgan fingerprint density at radius 3 is 2.33 bits per heavy atom. The average Bonchev–Trinajstić information content (AvgIpc) is 2.42. The first kappa shape index (κ1) is 15.9. The molecule has 0 amide bonds. The summed E-state index contributed by atoms with van der Waals surface area (Å²) in [7, 11) is 0. The molecule has 1 unspecified atom stereocenters. The van der Waals surface area contributed by atoms with Crippen molar-refractivity contribution in [3.8, 4) is 0 Å². The molecule has 21 heavy (non-hydrogen) atoms. The molecular weight excluding hydrogens is 359 g/mol. The fraction of sp³-hybridized carbons (Fsp3) is 0.143. The molecule has 0 aromatic heterocycles. The van der Waals surface area contributed by atoms with Gasteiger partial charge in [0, 0.05) is 0 Å². The molecule has 0 saturated carbocycles. The van der Waals surface area contributed by atoms with Crippen LogP contribution in [0.2, 0.25) is 0 Å². The van der Waals surface area contributed by atoms with Crippen molar-refractivity contribution in [3.05, 3.63) is 69.2 Å². The second-order valence-electron chi connectivity index (χ2n) is 4.28. The lowest BCUT2D eigenvalue weighted by Crippen LogP contribution is -2.09. The molecule has 2 aromatic carbocycles. The second-order valence-corrected chi connectivity index (χ2v) is 5.14. The van der Waals surface area contributed by atoms with Crippen LogP contribution in [0.4, 0.5) is 22.0 Å². The molecule has 0 aliphatic carbocycles. The van der Waals surface area contributed by atoms with E-state index in [-0.39, 0.29) is 10.0 Å². The van der Waals surface area contributed by atoms with Crippen molar-refractivity contribution >= 4 is 15.9 Å². The molecule has 1 N–H and O–H groups in total. The lowest BCUT2D eigenvalue weighted by atomic mass is 9.98. The van der Waals surface area contributed by atoms with Crippen molar-refractivity contribution in [1.29, 1.82) is 0 Å². The molecule has 1 nitrogen and oxygen atoms in total. The molecule has 112 valence electrons. The van der Waals surface area contributed by atoms with Gasteiger partial charge in [-0.15, -0.1) is 0 Å². The van der Waals surface area contributed by atoms with Gasteiger partial charge in [-0.1, -0.05) is 12.1 Å². The number of aliphatic hydroxyl groups excluding tert-OH is 1. The van der Waals surface area contributed by atoms with Gasteiger partial charge in [-0.05, 0) is 45.8 Å². The van der Waals surface area contributed by atoms with Crippen molar-refractivity contribution in [2.24, 2.45) is 0 Å². The largest absolute Gasteiger partial charge is 0.416 e. The number of benzene rings is 2. The van der Waals surface area contributed by atoms with Crippen LogP contribution in [0.25, 0.3) is 0 Å². The molecule has 0 saturated heterocycles. The van der Waals surface area contributed by atoms with Crippen molar-refractivity contribution in [3.63, 3.8) is 0 Å². The summed E-state index contributed by atoms with van der Waals surface area (Å²) in [5.41, 5.74) is -1.96. The summed E-state index contributed by atoms with van der Waals surface area (Å²) < 4.78 is 65.3. The Hall–Kier alpha value is -1.47. The molecule has 0 spiro atoms. The highest BCUT2D eigenvalue weighted by Crippen LogP contribution is 2.34. The zero-order chi connectivity index (χ0) is 15.8. The van der Waals surface area contributed by atoms with Crippen molar-refractivity contribution in [2.45, 2.75) is 12.3 Å². The zero-order valence-corrected chi connectivity index (χ0v) is 11.8. The first-order chi connectivity index (χ1) is 9.71. The van der Waals surface area contributed by atoms with Gasteiger partial charge in [0.25, 0.3) is 0 Å². The summed E-state index contributed by atoms with van der Waals surface area (Å²) in [5, 5.41) is 10.00. The minimum absolute atomic E-state index is 0.0927. The van der Waals surface area contributed by atoms with E-state index in [2.05, 4.69) is 15.9 Å². The van der Waals surface area contributed by atoms with Crippen LogP contribution in [0.15, 0.2) is 40.9 Å². The molecule has 0 bridgehead atoms. The van der Waals surface area contributed by atoms with E-state index >= 15 is 0 Å². The van der Waals surface area contributed by atoms with E-state index in [4.69, 9.17) is 0 Å². The average molecular weight is 367 g/mol. The van der Waals surface area contributed by atoms with Crippen molar-refractivity contribution in [1.82, 2.24) is 0 Å². The maximum absolute atomic E-state index is 13.9.